The lowest BCUT2D eigenvalue weighted by Gasteiger charge is -2.29. The standard InChI is InChI=1S/C30H30N4O4/c1-21(35)29-31-14-17-34(29)20-27-18-28(38-32-27)25-10-8-23(9-11-25)3-2-22-4-6-24(7-5-22)19-33-15-12-26(13-16-33)30(36)37/h4-11,14,17-18,21,26,35H,12-13,15-16,19-20H2,1H3,(H,36,37)/t21-/m0/s1. The van der Waals surface area contributed by atoms with E-state index < -0.39 is 12.1 Å². The molecule has 0 spiro atoms. The Balaban J connectivity index is 1.17. The van der Waals surface area contributed by atoms with Crippen LogP contribution in [0, 0.1) is 17.8 Å². The van der Waals surface area contributed by atoms with Crippen LogP contribution in [0.5, 0.6) is 0 Å². The Morgan fingerprint density at radius 1 is 1.05 bits per heavy atom. The van der Waals surface area contributed by atoms with Crippen LogP contribution in [-0.2, 0) is 17.9 Å². The average molecular weight is 511 g/mol. The van der Waals surface area contributed by atoms with Crippen LogP contribution in [0.3, 0.4) is 0 Å². The van der Waals surface area contributed by atoms with Gasteiger partial charge >= 0.3 is 5.97 Å². The van der Waals surface area contributed by atoms with Crippen molar-refractivity contribution in [1.29, 1.82) is 0 Å². The van der Waals surface area contributed by atoms with E-state index in [9.17, 15) is 9.90 Å². The molecular formula is C30H30N4O4. The van der Waals surface area contributed by atoms with E-state index in [4.69, 9.17) is 9.63 Å². The van der Waals surface area contributed by atoms with Crippen molar-refractivity contribution in [2.45, 2.75) is 39.0 Å². The number of benzene rings is 2. The molecule has 1 aliphatic rings. The lowest BCUT2D eigenvalue weighted by Crippen LogP contribution is -2.35. The maximum Gasteiger partial charge on any atom is 0.306 e. The van der Waals surface area contributed by atoms with Crippen LogP contribution < -0.4 is 0 Å². The van der Waals surface area contributed by atoms with Crippen LogP contribution in [0.25, 0.3) is 11.3 Å². The van der Waals surface area contributed by atoms with Gasteiger partial charge in [0.15, 0.2) is 5.76 Å². The Hall–Kier alpha value is -4.19. The van der Waals surface area contributed by atoms with Gasteiger partial charge in [-0.3, -0.25) is 9.69 Å². The summed E-state index contributed by atoms with van der Waals surface area (Å²) in [7, 11) is 0. The zero-order valence-electron chi connectivity index (χ0n) is 21.2. The highest BCUT2D eigenvalue weighted by Gasteiger charge is 2.24. The van der Waals surface area contributed by atoms with Crippen LogP contribution in [0.15, 0.2) is 71.5 Å². The number of likely N-dealkylation sites (tertiary alicyclic amines) is 1. The van der Waals surface area contributed by atoms with Crippen molar-refractivity contribution >= 4 is 5.97 Å². The number of carboxylic acids is 1. The first kappa shape index (κ1) is 25.5. The Bertz CT molecular complexity index is 1430. The maximum absolute atomic E-state index is 11.1. The molecule has 194 valence electrons. The minimum absolute atomic E-state index is 0.205. The summed E-state index contributed by atoms with van der Waals surface area (Å²) in [6.45, 7) is 4.62. The third-order valence-corrected chi connectivity index (χ3v) is 6.83. The van der Waals surface area contributed by atoms with E-state index in [0.717, 1.165) is 42.0 Å². The van der Waals surface area contributed by atoms with E-state index in [0.29, 0.717) is 31.0 Å². The maximum atomic E-state index is 11.1. The van der Waals surface area contributed by atoms with E-state index in [1.54, 1.807) is 13.1 Å². The third-order valence-electron chi connectivity index (χ3n) is 6.83. The Morgan fingerprint density at radius 3 is 2.34 bits per heavy atom. The lowest BCUT2D eigenvalue weighted by atomic mass is 9.97. The van der Waals surface area contributed by atoms with Gasteiger partial charge in [-0.25, -0.2) is 4.98 Å². The zero-order chi connectivity index (χ0) is 26.5. The van der Waals surface area contributed by atoms with Crippen LogP contribution in [0.2, 0.25) is 0 Å². The molecule has 38 heavy (non-hydrogen) atoms. The van der Waals surface area contributed by atoms with Crippen molar-refractivity contribution in [2.75, 3.05) is 13.1 Å². The van der Waals surface area contributed by atoms with Gasteiger partial charge in [-0.2, -0.15) is 0 Å². The quantitative estimate of drug-likeness (QED) is 0.357. The molecule has 8 heteroatoms. The molecule has 0 unspecified atom stereocenters. The van der Waals surface area contributed by atoms with Gasteiger partial charge in [-0.15, -0.1) is 0 Å². The summed E-state index contributed by atoms with van der Waals surface area (Å²) in [4.78, 5) is 17.6. The van der Waals surface area contributed by atoms with Crippen LogP contribution in [-0.4, -0.2) is 48.9 Å². The second-order valence-electron chi connectivity index (χ2n) is 9.68. The monoisotopic (exact) mass is 510 g/mol. The molecule has 5 rings (SSSR count). The van der Waals surface area contributed by atoms with Gasteiger partial charge in [-0.05, 0) is 74.8 Å². The zero-order valence-corrected chi connectivity index (χ0v) is 21.2. The SMILES string of the molecule is C[C@H](O)c1nccn1Cc1cc(-c2ccc(C#Cc3ccc(CN4CCC(C(=O)O)CC4)cc3)cc2)on1. The van der Waals surface area contributed by atoms with Gasteiger partial charge in [0, 0.05) is 41.7 Å². The van der Waals surface area contributed by atoms with Gasteiger partial charge < -0.3 is 19.3 Å². The molecule has 1 saturated heterocycles. The number of hydrogen-bond donors (Lipinski definition) is 2. The number of nitrogens with zero attached hydrogens (tertiary/aromatic N) is 4. The first-order chi connectivity index (χ1) is 18.4. The van der Waals surface area contributed by atoms with Gasteiger partial charge in [-0.1, -0.05) is 29.1 Å². The summed E-state index contributed by atoms with van der Waals surface area (Å²) in [6.07, 6.45) is 4.24. The number of carboxylic acid groups (broad SMARTS) is 1. The molecule has 0 amide bonds. The van der Waals surface area contributed by atoms with E-state index in [-0.39, 0.29) is 5.92 Å². The van der Waals surface area contributed by atoms with Crippen LogP contribution in [0.4, 0.5) is 0 Å². The number of aliphatic hydroxyl groups excluding tert-OH is 1. The number of hydrogen-bond acceptors (Lipinski definition) is 6. The number of piperidine rings is 1. The van der Waals surface area contributed by atoms with Gasteiger partial charge in [0.05, 0.1) is 12.5 Å². The van der Waals surface area contributed by atoms with Crippen molar-refractivity contribution < 1.29 is 19.5 Å². The van der Waals surface area contributed by atoms with Gasteiger partial charge in [0.1, 0.15) is 17.6 Å². The predicted molar refractivity (Wildman–Crippen MR) is 142 cm³/mol. The molecule has 0 aliphatic carbocycles. The molecule has 8 nitrogen and oxygen atoms in total. The molecule has 4 aromatic rings. The summed E-state index contributed by atoms with van der Waals surface area (Å²) in [5.41, 5.74) is 4.71. The Morgan fingerprint density at radius 2 is 1.71 bits per heavy atom. The normalized spacial score (nSPS) is 15.1. The van der Waals surface area contributed by atoms with E-state index in [1.807, 2.05) is 53.2 Å². The van der Waals surface area contributed by atoms with Crippen molar-refractivity contribution in [3.63, 3.8) is 0 Å². The second-order valence-corrected chi connectivity index (χ2v) is 9.68. The lowest BCUT2D eigenvalue weighted by molar-refractivity contribution is -0.143. The number of carbonyl (C=O) groups is 1. The fourth-order valence-electron chi connectivity index (χ4n) is 4.67. The van der Waals surface area contributed by atoms with E-state index in [1.165, 1.54) is 5.56 Å². The molecule has 1 atom stereocenters. The minimum atomic E-state index is -0.677. The van der Waals surface area contributed by atoms with Crippen molar-refractivity contribution in [3.8, 4) is 23.2 Å². The highest BCUT2D eigenvalue weighted by molar-refractivity contribution is 5.70. The highest BCUT2D eigenvalue weighted by Crippen LogP contribution is 2.22. The summed E-state index contributed by atoms with van der Waals surface area (Å²) in [5.74, 6) is 6.80. The highest BCUT2D eigenvalue weighted by atomic mass is 16.5. The molecular weight excluding hydrogens is 480 g/mol. The molecule has 1 fully saturated rings. The Labute approximate surface area is 221 Å². The van der Waals surface area contributed by atoms with E-state index in [2.05, 4.69) is 39.0 Å². The fourth-order valence-corrected chi connectivity index (χ4v) is 4.67. The number of imidazole rings is 1. The molecule has 0 bridgehead atoms. The van der Waals surface area contributed by atoms with Crippen molar-refractivity contribution in [3.05, 3.63) is 95.2 Å². The molecule has 2 aromatic heterocycles. The first-order valence-corrected chi connectivity index (χ1v) is 12.8. The van der Waals surface area contributed by atoms with Crippen LogP contribution >= 0.6 is 0 Å². The van der Waals surface area contributed by atoms with Crippen LogP contribution in [0.1, 0.15) is 54.1 Å². The predicted octanol–water partition coefficient (Wildman–Crippen LogP) is 4.34. The number of aromatic nitrogens is 3. The third kappa shape index (κ3) is 6.20. The second kappa shape index (κ2) is 11.5. The first-order valence-electron chi connectivity index (χ1n) is 12.8. The topological polar surface area (TPSA) is 105 Å². The van der Waals surface area contributed by atoms with E-state index >= 15 is 0 Å². The summed E-state index contributed by atoms with van der Waals surface area (Å²) in [5, 5.41) is 23.2. The minimum Gasteiger partial charge on any atom is -0.481 e. The Kier molecular flexibility index (Phi) is 7.68. The van der Waals surface area contributed by atoms with Gasteiger partial charge in [0.25, 0.3) is 0 Å². The molecule has 0 radical (unpaired) electrons. The van der Waals surface area contributed by atoms with Gasteiger partial charge in [0.2, 0.25) is 0 Å². The number of rotatable bonds is 7. The summed E-state index contributed by atoms with van der Waals surface area (Å²) >= 11 is 0. The molecule has 1 aliphatic heterocycles. The molecule has 2 N–H and O–H groups in total. The summed E-state index contributed by atoms with van der Waals surface area (Å²) in [6, 6.07) is 18.0. The number of aliphatic hydroxyl groups is 1. The number of aliphatic carboxylic acids is 1. The van der Waals surface area contributed by atoms with Crippen molar-refractivity contribution in [1.82, 2.24) is 19.6 Å². The fraction of sp³-hybridized carbons (Fsp3) is 0.300. The molecule has 0 saturated carbocycles. The smallest absolute Gasteiger partial charge is 0.306 e. The molecule has 3 heterocycles. The average Bonchev–Trinajstić information content (AvgIpc) is 3.59. The van der Waals surface area contributed by atoms with Crippen molar-refractivity contribution in [2.24, 2.45) is 5.92 Å². The molecule has 2 aromatic carbocycles. The largest absolute Gasteiger partial charge is 0.481 e. The summed E-state index contributed by atoms with van der Waals surface area (Å²) < 4.78 is 7.39.